The third-order valence-electron chi connectivity index (χ3n) is 7.17. The number of oxazole rings is 2. The Morgan fingerprint density at radius 2 is 1.12 bits per heavy atom. The fourth-order valence-corrected chi connectivity index (χ4v) is 4.67. The maximum absolute atomic E-state index is 9.15. The molecule has 0 saturated heterocycles. The van der Waals surface area contributed by atoms with E-state index in [0.29, 0.717) is 23.2 Å². The molecule has 0 aliphatic rings. The Bertz CT molecular complexity index is 2250. The number of aromatic nitrogens is 4. The van der Waals surface area contributed by atoms with Crippen LogP contribution >= 0.6 is 0 Å². The molecule has 0 amide bonds. The van der Waals surface area contributed by atoms with E-state index < -0.39 is 10.4 Å². The zero-order chi connectivity index (χ0) is 35.7. The van der Waals surface area contributed by atoms with Crippen molar-refractivity contribution in [2.24, 2.45) is 0 Å². The highest BCUT2D eigenvalue weighted by Gasteiger charge is 2.13. The van der Waals surface area contributed by atoms with E-state index in [-0.39, 0.29) is 13.2 Å². The Morgan fingerprint density at radius 3 is 1.60 bits per heavy atom. The SMILES string of the molecule is CN(Cc1ccccc1)c1ccc2nc(-c3ccc(CO)cc3)oc2n1.CNc1ccc2nc(-c3ccc(CO)cc3)oc2n1.O=S(=O)(O)O. The van der Waals surface area contributed by atoms with Crippen molar-refractivity contribution in [3.63, 3.8) is 0 Å². The van der Waals surface area contributed by atoms with Crippen LogP contribution in [0, 0.1) is 0 Å². The number of hydrogen-bond acceptors (Lipinski definition) is 12. The van der Waals surface area contributed by atoms with Crippen LogP contribution in [0.5, 0.6) is 0 Å². The Labute approximate surface area is 287 Å². The number of rotatable bonds is 8. The first-order chi connectivity index (χ1) is 24.0. The minimum absolute atomic E-state index is 0.0203. The summed E-state index contributed by atoms with van der Waals surface area (Å²) in [6, 6.07) is 32.8. The lowest BCUT2D eigenvalue weighted by molar-refractivity contribution is 0.281. The molecule has 0 radical (unpaired) electrons. The Balaban J connectivity index is 0.000000178. The summed E-state index contributed by atoms with van der Waals surface area (Å²) in [6.07, 6.45) is 0. The topological polar surface area (TPSA) is 208 Å². The summed E-state index contributed by atoms with van der Waals surface area (Å²) < 4.78 is 43.1. The minimum atomic E-state index is -4.67. The van der Waals surface area contributed by atoms with Crippen LogP contribution in [0.4, 0.5) is 11.6 Å². The van der Waals surface area contributed by atoms with Crippen molar-refractivity contribution in [1.29, 1.82) is 0 Å². The molecule has 3 aromatic carbocycles. The van der Waals surface area contributed by atoms with Gasteiger partial charge in [0.25, 0.3) is 0 Å². The van der Waals surface area contributed by atoms with Gasteiger partial charge in [0.15, 0.2) is 0 Å². The third-order valence-corrected chi connectivity index (χ3v) is 7.17. The van der Waals surface area contributed by atoms with Crippen LogP contribution in [-0.2, 0) is 30.2 Å². The standard InChI is InChI=1S/C21H19N3O2.C14H13N3O2.H2O4S/c1-24(13-15-5-3-2-4-6-15)19-12-11-18-21(23-19)26-20(22-18)17-9-7-16(14-25)8-10-17;1-15-12-7-6-11-14(17-12)19-13(16-11)10-4-2-9(8-18)3-5-10;1-5(2,3)4/h2-12,25H,13-14H2,1H3;2-7,18H,8H2,1H3,(H,15,17);(H2,1,2,3,4). The van der Waals surface area contributed by atoms with E-state index in [2.05, 4.69) is 42.3 Å². The normalized spacial score (nSPS) is 11.0. The van der Waals surface area contributed by atoms with Crippen molar-refractivity contribution in [2.45, 2.75) is 19.8 Å². The molecule has 0 fully saturated rings. The summed E-state index contributed by atoms with van der Waals surface area (Å²) in [6.45, 7) is 0.816. The summed E-state index contributed by atoms with van der Waals surface area (Å²) in [7, 11) is -0.856. The molecule has 0 bridgehead atoms. The molecule has 0 atom stereocenters. The number of aliphatic hydroxyl groups is 2. The van der Waals surface area contributed by atoms with Crippen molar-refractivity contribution in [2.75, 3.05) is 24.3 Å². The molecule has 0 spiro atoms. The van der Waals surface area contributed by atoms with Crippen molar-refractivity contribution < 1.29 is 36.6 Å². The number of nitrogens with zero attached hydrogens (tertiary/aromatic N) is 5. The zero-order valence-corrected chi connectivity index (χ0v) is 27.8. The van der Waals surface area contributed by atoms with E-state index in [9.17, 15) is 0 Å². The fraction of sp³-hybridized carbons (Fsp3) is 0.143. The lowest BCUT2D eigenvalue weighted by atomic mass is 10.1. The Hall–Kier alpha value is -5.71. The van der Waals surface area contributed by atoms with Crippen molar-refractivity contribution in [3.05, 3.63) is 120 Å². The lowest BCUT2D eigenvalue weighted by Crippen LogP contribution is -2.17. The van der Waals surface area contributed by atoms with E-state index in [4.69, 9.17) is 36.6 Å². The second-order valence-corrected chi connectivity index (χ2v) is 11.7. The molecule has 4 aromatic heterocycles. The van der Waals surface area contributed by atoms with Gasteiger partial charge < -0.3 is 29.3 Å². The van der Waals surface area contributed by atoms with Gasteiger partial charge in [-0.1, -0.05) is 54.6 Å². The number of fused-ring (bicyclic) bond motifs is 2. The van der Waals surface area contributed by atoms with Crippen LogP contribution in [0.1, 0.15) is 16.7 Å². The van der Waals surface area contributed by atoms with E-state index in [1.165, 1.54) is 5.56 Å². The zero-order valence-electron chi connectivity index (χ0n) is 27.0. The van der Waals surface area contributed by atoms with Gasteiger partial charge >= 0.3 is 10.4 Å². The average molecular weight is 699 g/mol. The van der Waals surface area contributed by atoms with Gasteiger partial charge in [0.05, 0.1) is 13.2 Å². The van der Waals surface area contributed by atoms with Crippen LogP contribution < -0.4 is 10.2 Å². The van der Waals surface area contributed by atoms with Crippen LogP contribution in [0.15, 0.2) is 112 Å². The maximum Gasteiger partial charge on any atom is 0.394 e. The van der Waals surface area contributed by atoms with E-state index in [1.807, 2.05) is 98.0 Å². The highest BCUT2D eigenvalue weighted by molar-refractivity contribution is 7.79. The number of aliphatic hydroxyl groups excluding tert-OH is 2. The molecule has 0 aliphatic carbocycles. The predicted molar refractivity (Wildman–Crippen MR) is 189 cm³/mol. The second kappa shape index (κ2) is 16.1. The first-order valence-corrected chi connectivity index (χ1v) is 16.5. The van der Waals surface area contributed by atoms with Crippen molar-refractivity contribution in [3.8, 4) is 22.9 Å². The van der Waals surface area contributed by atoms with Gasteiger partial charge in [-0.15, -0.1) is 0 Å². The molecule has 0 aliphatic heterocycles. The van der Waals surface area contributed by atoms with Crippen LogP contribution in [0.3, 0.4) is 0 Å². The average Bonchev–Trinajstić information content (AvgIpc) is 3.76. The summed E-state index contributed by atoms with van der Waals surface area (Å²) in [5.41, 5.74) is 7.13. The smallest absolute Gasteiger partial charge is 0.394 e. The molecule has 4 heterocycles. The number of anilines is 2. The van der Waals surface area contributed by atoms with Gasteiger partial charge in [-0.3, -0.25) is 9.11 Å². The Kier molecular flexibility index (Phi) is 11.5. The molecular formula is C35H34N6O8S. The first kappa shape index (κ1) is 35.6. The maximum atomic E-state index is 9.15. The summed E-state index contributed by atoms with van der Waals surface area (Å²) in [4.78, 5) is 19.9. The van der Waals surface area contributed by atoms with E-state index in [0.717, 1.165) is 51.5 Å². The molecule has 7 rings (SSSR count). The molecule has 258 valence electrons. The number of benzene rings is 3. The van der Waals surface area contributed by atoms with Crippen LogP contribution in [0.2, 0.25) is 0 Å². The molecule has 0 unspecified atom stereocenters. The molecule has 14 nitrogen and oxygen atoms in total. The number of pyridine rings is 2. The van der Waals surface area contributed by atoms with E-state index >= 15 is 0 Å². The highest BCUT2D eigenvalue weighted by Crippen LogP contribution is 2.26. The predicted octanol–water partition coefficient (Wildman–Crippen LogP) is 5.79. The largest absolute Gasteiger partial charge is 0.418 e. The van der Waals surface area contributed by atoms with Crippen molar-refractivity contribution >= 4 is 44.5 Å². The molecule has 5 N–H and O–H groups in total. The summed E-state index contributed by atoms with van der Waals surface area (Å²) in [5.74, 6) is 2.63. The number of hydrogen-bond donors (Lipinski definition) is 5. The quantitative estimate of drug-likeness (QED) is 0.119. The molecule has 15 heteroatoms. The third kappa shape index (κ3) is 9.68. The summed E-state index contributed by atoms with van der Waals surface area (Å²) >= 11 is 0. The number of nitrogens with one attached hydrogen (secondary N) is 1. The molecule has 0 saturated carbocycles. The molecule has 50 heavy (non-hydrogen) atoms. The lowest BCUT2D eigenvalue weighted by Gasteiger charge is -2.17. The summed E-state index contributed by atoms with van der Waals surface area (Å²) in [5, 5.41) is 21.1. The van der Waals surface area contributed by atoms with Gasteiger partial charge in [-0.05, 0) is 65.2 Å². The van der Waals surface area contributed by atoms with Crippen LogP contribution in [0.25, 0.3) is 45.4 Å². The molecular weight excluding hydrogens is 664 g/mol. The van der Waals surface area contributed by atoms with Gasteiger partial charge in [-0.2, -0.15) is 18.4 Å². The van der Waals surface area contributed by atoms with Gasteiger partial charge in [0.1, 0.15) is 22.7 Å². The van der Waals surface area contributed by atoms with Crippen LogP contribution in [-0.4, -0.2) is 61.8 Å². The minimum Gasteiger partial charge on any atom is -0.418 e. The second-order valence-electron chi connectivity index (χ2n) is 10.8. The monoisotopic (exact) mass is 698 g/mol. The molecule has 7 aromatic rings. The van der Waals surface area contributed by atoms with Gasteiger partial charge in [0, 0.05) is 31.8 Å². The fourth-order valence-electron chi connectivity index (χ4n) is 4.67. The van der Waals surface area contributed by atoms with Gasteiger partial charge in [0.2, 0.25) is 23.2 Å². The van der Waals surface area contributed by atoms with E-state index in [1.54, 1.807) is 7.05 Å². The highest BCUT2D eigenvalue weighted by atomic mass is 32.3. The first-order valence-electron chi connectivity index (χ1n) is 15.1. The Morgan fingerprint density at radius 1 is 0.640 bits per heavy atom. The van der Waals surface area contributed by atoms with Crippen molar-refractivity contribution in [1.82, 2.24) is 19.9 Å². The van der Waals surface area contributed by atoms with Gasteiger partial charge in [-0.25, -0.2) is 9.97 Å².